The first-order chi connectivity index (χ1) is 9.84. The minimum atomic E-state index is -5.81. The highest BCUT2D eigenvalue weighted by molar-refractivity contribution is 6.32. The van der Waals surface area contributed by atoms with Crippen LogP contribution in [-0.2, 0) is 0 Å². The maximum Gasteiger partial charge on any atom is 0.439 e. The maximum atomic E-state index is 13.2. The van der Waals surface area contributed by atoms with Crippen molar-refractivity contribution in [1.29, 1.82) is 0 Å². The fourth-order valence-electron chi connectivity index (χ4n) is 1.45. The standard InChI is InChI=1S/C11H9ClF6N2O2/c1-4-2-5(20-9(19)21)3-6(12)7(4)22-11(17,18)8(13)10(14,15)16/h2-3,8H,1H3,(H3,19,20,21). The molecule has 0 saturated carbocycles. The Balaban J connectivity index is 3.10. The van der Waals surface area contributed by atoms with Crippen molar-refractivity contribution in [2.24, 2.45) is 5.73 Å². The minimum absolute atomic E-state index is 0.00159. The van der Waals surface area contributed by atoms with Crippen molar-refractivity contribution in [2.45, 2.75) is 25.4 Å². The number of amides is 2. The van der Waals surface area contributed by atoms with Gasteiger partial charge in [-0.1, -0.05) is 11.6 Å². The molecule has 0 aromatic heterocycles. The van der Waals surface area contributed by atoms with E-state index in [1.807, 2.05) is 0 Å². The number of carbonyl (C=O) groups is 1. The van der Waals surface area contributed by atoms with Gasteiger partial charge in [0, 0.05) is 5.69 Å². The van der Waals surface area contributed by atoms with Gasteiger partial charge >= 0.3 is 18.3 Å². The molecule has 2 amide bonds. The molecule has 0 aliphatic heterocycles. The van der Waals surface area contributed by atoms with Gasteiger partial charge in [0.15, 0.2) is 0 Å². The van der Waals surface area contributed by atoms with Gasteiger partial charge in [0.05, 0.1) is 5.02 Å². The Morgan fingerprint density at radius 1 is 1.32 bits per heavy atom. The Bertz CT molecular complexity index is 555. The SMILES string of the molecule is Cc1cc(NC(N)=O)cc(Cl)c1OC(F)(F)C(F)C(F)(F)F. The first kappa shape index (κ1) is 18.2. The van der Waals surface area contributed by atoms with E-state index in [-0.39, 0.29) is 11.3 Å². The summed E-state index contributed by atoms with van der Waals surface area (Å²) >= 11 is 5.59. The van der Waals surface area contributed by atoms with Crippen LogP contribution in [0, 0.1) is 6.92 Å². The summed E-state index contributed by atoms with van der Waals surface area (Å²) in [4.78, 5) is 10.6. The first-order valence-electron chi connectivity index (χ1n) is 5.49. The van der Waals surface area contributed by atoms with Crippen LogP contribution < -0.4 is 15.8 Å². The molecule has 0 saturated heterocycles. The van der Waals surface area contributed by atoms with E-state index in [1.54, 1.807) is 0 Å². The minimum Gasteiger partial charge on any atom is -0.428 e. The van der Waals surface area contributed by atoms with E-state index in [0.29, 0.717) is 0 Å². The maximum absolute atomic E-state index is 13.2. The second-order valence-corrected chi connectivity index (χ2v) is 4.57. The molecule has 1 aromatic carbocycles. The third-order valence-electron chi connectivity index (χ3n) is 2.32. The zero-order valence-corrected chi connectivity index (χ0v) is 11.5. The molecule has 22 heavy (non-hydrogen) atoms. The van der Waals surface area contributed by atoms with Gasteiger partial charge in [-0.05, 0) is 24.6 Å². The Morgan fingerprint density at radius 2 is 1.86 bits per heavy atom. The fourth-order valence-corrected chi connectivity index (χ4v) is 1.76. The summed E-state index contributed by atoms with van der Waals surface area (Å²) in [7, 11) is 0. The van der Waals surface area contributed by atoms with Gasteiger partial charge in [0.1, 0.15) is 5.75 Å². The van der Waals surface area contributed by atoms with Gasteiger partial charge in [-0.3, -0.25) is 0 Å². The molecular weight excluding hydrogens is 342 g/mol. The molecule has 1 atom stereocenters. The van der Waals surface area contributed by atoms with Crippen LogP contribution in [0.5, 0.6) is 5.75 Å². The quantitative estimate of drug-likeness (QED) is 0.806. The smallest absolute Gasteiger partial charge is 0.428 e. The predicted octanol–water partition coefficient (Wildman–Crippen LogP) is 4.01. The summed E-state index contributed by atoms with van der Waals surface area (Å²) in [5.74, 6) is -0.853. The third-order valence-corrected chi connectivity index (χ3v) is 2.60. The number of nitrogens with two attached hydrogens (primary N) is 1. The van der Waals surface area contributed by atoms with Gasteiger partial charge in [-0.2, -0.15) is 22.0 Å². The number of primary amides is 1. The summed E-state index contributed by atoms with van der Waals surface area (Å²) in [6.07, 6.45) is -15.5. The summed E-state index contributed by atoms with van der Waals surface area (Å²) in [6.45, 7) is 1.16. The number of aryl methyl sites for hydroxylation is 1. The molecule has 1 rings (SSSR count). The van der Waals surface area contributed by atoms with Crippen molar-refractivity contribution in [2.75, 3.05) is 5.32 Å². The van der Waals surface area contributed by atoms with Gasteiger partial charge in [-0.25, -0.2) is 9.18 Å². The van der Waals surface area contributed by atoms with Crippen LogP contribution in [0.25, 0.3) is 0 Å². The van der Waals surface area contributed by atoms with Crippen molar-refractivity contribution in [1.82, 2.24) is 0 Å². The van der Waals surface area contributed by atoms with Crippen molar-refractivity contribution in [3.05, 3.63) is 22.7 Å². The van der Waals surface area contributed by atoms with E-state index in [0.717, 1.165) is 19.1 Å². The number of alkyl halides is 6. The van der Waals surface area contributed by atoms with Crippen molar-refractivity contribution in [3.63, 3.8) is 0 Å². The Morgan fingerprint density at radius 3 is 2.27 bits per heavy atom. The second-order valence-electron chi connectivity index (χ2n) is 4.16. The van der Waals surface area contributed by atoms with Crippen LogP contribution in [0.1, 0.15) is 5.56 Å². The third kappa shape index (κ3) is 4.33. The fraction of sp³-hybridized carbons (Fsp3) is 0.364. The van der Waals surface area contributed by atoms with Crippen LogP contribution in [0.3, 0.4) is 0 Å². The highest BCUT2D eigenvalue weighted by Crippen LogP contribution is 2.40. The Kier molecular flexibility index (Phi) is 5.06. The van der Waals surface area contributed by atoms with Gasteiger partial charge in [0.2, 0.25) is 0 Å². The molecular formula is C11H9ClF6N2O2. The van der Waals surface area contributed by atoms with Crippen LogP contribution >= 0.6 is 11.6 Å². The van der Waals surface area contributed by atoms with Gasteiger partial charge in [-0.15, -0.1) is 0 Å². The molecule has 0 radical (unpaired) electrons. The largest absolute Gasteiger partial charge is 0.439 e. The topological polar surface area (TPSA) is 64.3 Å². The number of halogens is 7. The van der Waals surface area contributed by atoms with Crippen LogP contribution in [0.4, 0.5) is 36.8 Å². The monoisotopic (exact) mass is 350 g/mol. The van der Waals surface area contributed by atoms with E-state index in [2.05, 4.69) is 10.1 Å². The number of urea groups is 1. The lowest BCUT2D eigenvalue weighted by atomic mass is 10.2. The Hall–Kier alpha value is -1.84. The van der Waals surface area contributed by atoms with Crippen molar-refractivity contribution < 1.29 is 35.9 Å². The number of ether oxygens (including phenoxy) is 1. The number of carbonyl (C=O) groups excluding carboxylic acids is 1. The summed E-state index contributed by atoms with van der Waals surface area (Å²) < 4.78 is 79.1. The lowest BCUT2D eigenvalue weighted by Gasteiger charge is -2.24. The zero-order chi connectivity index (χ0) is 17.3. The van der Waals surface area contributed by atoms with Crippen LogP contribution in [-0.4, -0.2) is 24.5 Å². The van der Waals surface area contributed by atoms with Crippen LogP contribution in [0.15, 0.2) is 12.1 Å². The molecule has 4 nitrogen and oxygen atoms in total. The molecule has 11 heteroatoms. The van der Waals surface area contributed by atoms with Crippen LogP contribution in [0.2, 0.25) is 5.02 Å². The van der Waals surface area contributed by atoms with Crippen molar-refractivity contribution in [3.8, 4) is 5.75 Å². The number of hydrogen-bond donors (Lipinski definition) is 2. The average Bonchev–Trinajstić information content (AvgIpc) is 2.31. The molecule has 3 N–H and O–H groups in total. The predicted molar refractivity (Wildman–Crippen MR) is 65.9 cm³/mol. The second kappa shape index (κ2) is 6.11. The van der Waals surface area contributed by atoms with Crippen molar-refractivity contribution >= 4 is 23.3 Å². The van der Waals surface area contributed by atoms with Gasteiger partial charge in [0.25, 0.3) is 6.17 Å². The average molecular weight is 351 g/mol. The highest BCUT2D eigenvalue weighted by Gasteiger charge is 2.59. The zero-order valence-electron chi connectivity index (χ0n) is 10.8. The molecule has 0 heterocycles. The molecule has 0 spiro atoms. The van der Waals surface area contributed by atoms with E-state index in [4.69, 9.17) is 17.3 Å². The molecule has 124 valence electrons. The summed E-state index contributed by atoms with van der Waals surface area (Å²) in [6, 6.07) is 0.990. The lowest BCUT2D eigenvalue weighted by molar-refractivity contribution is -0.305. The number of nitrogens with one attached hydrogen (secondary N) is 1. The van der Waals surface area contributed by atoms with Gasteiger partial charge < -0.3 is 15.8 Å². The van der Waals surface area contributed by atoms with E-state index in [1.165, 1.54) is 0 Å². The number of rotatable bonds is 4. The highest BCUT2D eigenvalue weighted by atomic mass is 35.5. The molecule has 0 fully saturated rings. The molecule has 0 aliphatic carbocycles. The molecule has 1 aromatic rings. The van der Waals surface area contributed by atoms with E-state index >= 15 is 0 Å². The normalized spacial score (nSPS) is 13.6. The van der Waals surface area contributed by atoms with E-state index in [9.17, 15) is 31.1 Å². The number of benzene rings is 1. The Labute approximate surface area is 125 Å². The lowest BCUT2D eigenvalue weighted by Crippen LogP contribution is -2.45. The first-order valence-corrected chi connectivity index (χ1v) is 5.86. The summed E-state index contributed by atoms with van der Waals surface area (Å²) in [5.41, 5.74) is 4.67. The van der Waals surface area contributed by atoms with E-state index < -0.39 is 35.3 Å². The summed E-state index contributed by atoms with van der Waals surface area (Å²) in [5, 5.41) is 1.52. The molecule has 1 unspecified atom stereocenters. The number of anilines is 1. The number of hydrogen-bond acceptors (Lipinski definition) is 2. The molecule has 0 bridgehead atoms. The molecule has 0 aliphatic rings.